The van der Waals surface area contributed by atoms with Crippen molar-refractivity contribution in [2.45, 2.75) is 6.92 Å². The fourth-order valence-electron chi connectivity index (χ4n) is 1.78. The number of rotatable bonds is 3. The number of methoxy groups -OCH3 is 1. The SMILES string of the molecule is COc1cc(C(=O)c2ccc(C)c(F)c2F)ccc1F. The third-order valence-corrected chi connectivity index (χ3v) is 2.93. The Morgan fingerprint density at radius 2 is 1.75 bits per heavy atom. The lowest BCUT2D eigenvalue weighted by atomic mass is 10.0. The summed E-state index contributed by atoms with van der Waals surface area (Å²) in [6, 6.07) is 5.89. The second kappa shape index (κ2) is 5.36. The molecule has 0 bridgehead atoms. The molecule has 0 saturated heterocycles. The average Bonchev–Trinajstić information content (AvgIpc) is 2.45. The van der Waals surface area contributed by atoms with E-state index in [1.807, 2.05) is 0 Å². The zero-order valence-corrected chi connectivity index (χ0v) is 10.8. The molecule has 0 aliphatic heterocycles. The summed E-state index contributed by atoms with van der Waals surface area (Å²) >= 11 is 0. The van der Waals surface area contributed by atoms with Gasteiger partial charge >= 0.3 is 0 Å². The number of carbonyl (C=O) groups is 1. The summed E-state index contributed by atoms with van der Waals surface area (Å²) < 4.78 is 45.2. The number of hydrogen-bond acceptors (Lipinski definition) is 2. The van der Waals surface area contributed by atoms with E-state index in [4.69, 9.17) is 4.74 Å². The van der Waals surface area contributed by atoms with Crippen LogP contribution in [0.1, 0.15) is 21.5 Å². The van der Waals surface area contributed by atoms with Crippen LogP contribution in [0.3, 0.4) is 0 Å². The third kappa shape index (κ3) is 2.39. The van der Waals surface area contributed by atoms with Gasteiger partial charge in [0.25, 0.3) is 0 Å². The maximum Gasteiger partial charge on any atom is 0.196 e. The fourth-order valence-corrected chi connectivity index (χ4v) is 1.78. The quantitative estimate of drug-likeness (QED) is 0.802. The van der Waals surface area contributed by atoms with Gasteiger partial charge < -0.3 is 4.74 Å². The molecule has 104 valence electrons. The summed E-state index contributed by atoms with van der Waals surface area (Å²) in [6.45, 7) is 1.40. The summed E-state index contributed by atoms with van der Waals surface area (Å²) in [5.41, 5.74) is -0.275. The van der Waals surface area contributed by atoms with Gasteiger partial charge in [-0.25, -0.2) is 13.2 Å². The van der Waals surface area contributed by atoms with Crippen molar-refractivity contribution in [1.29, 1.82) is 0 Å². The van der Waals surface area contributed by atoms with E-state index in [0.29, 0.717) is 0 Å². The van der Waals surface area contributed by atoms with Gasteiger partial charge in [0.15, 0.2) is 29.0 Å². The molecule has 2 nitrogen and oxygen atoms in total. The maximum atomic E-state index is 13.8. The summed E-state index contributed by atoms with van der Waals surface area (Å²) in [5, 5.41) is 0. The summed E-state index contributed by atoms with van der Waals surface area (Å²) in [5.74, 6) is -3.79. The highest BCUT2D eigenvalue weighted by atomic mass is 19.2. The number of ketones is 1. The number of ether oxygens (including phenoxy) is 1. The Bertz CT molecular complexity index is 681. The van der Waals surface area contributed by atoms with Crippen molar-refractivity contribution in [2.75, 3.05) is 7.11 Å². The van der Waals surface area contributed by atoms with Gasteiger partial charge in [0.1, 0.15) is 0 Å². The first-order valence-electron chi connectivity index (χ1n) is 5.78. The van der Waals surface area contributed by atoms with Crippen molar-refractivity contribution in [3.05, 3.63) is 64.5 Å². The van der Waals surface area contributed by atoms with Gasteiger partial charge in [-0.1, -0.05) is 6.07 Å². The van der Waals surface area contributed by atoms with Crippen LogP contribution in [-0.2, 0) is 0 Å². The smallest absolute Gasteiger partial charge is 0.196 e. The normalized spacial score (nSPS) is 10.4. The summed E-state index contributed by atoms with van der Waals surface area (Å²) in [4.78, 5) is 12.1. The molecule has 0 heterocycles. The highest BCUT2D eigenvalue weighted by Crippen LogP contribution is 2.23. The van der Waals surface area contributed by atoms with Gasteiger partial charge in [0.2, 0.25) is 0 Å². The number of benzene rings is 2. The van der Waals surface area contributed by atoms with Crippen LogP contribution in [0.2, 0.25) is 0 Å². The molecule has 2 aromatic carbocycles. The van der Waals surface area contributed by atoms with Crippen LogP contribution in [0.25, 0.3) is 0 Å². The standard InChI is InChI=1S/C15H11F3O2/c1-8-3-5-10(14(18)13(8)17)15(19)9-4-6-11(16)12(7-9)20-2/h3-7H,1-2H3. The number of aryl methyl sites for hydroxylation is 1. The van der Waals surface area contributed by atoms with Crippen molar-refractivity contribution in [3.63, 3.8) is 0 Å². The van der Waals surface area contributed by atoms with Crippen LogP contribution in [0.4, 0.5) is 13.2 Å². The predicted molar refractivity (Wildman–Crippen MR) is 67.5 cm³/mol. The van der Waals surface area contributed by atoms with E-state index in [-0.39, 0.29) is 16.9 Å². The second-order valence-corrected chi connectivity index (χ2v) is 4.24. The predicted octanol–water partition coefficient (Wildman–Crippen LogP) is 3.65. The van der Waals surface area contributed by atoms with Crippen LogP contribution in [0, 0.1) is 24.4 Å². The zero-order valence-electron chi connectivity index (χ0n) is 10.8. The lowest BCUT2D eigenvalue weighted by molar-refractivity contribution is 0.103. The molecule has 2 aromatic rings. The van der Waals surface area contributed by atoms with E-state index >= 15 is 0 Å². The Hall–Kier alpha value is -2.30. The number of hydrogen-bond donors (Lipinski definition) is 0. The van der Waals surface area contributed by atoms with Gasteiger partial charge in [0.05, 0.1) is 12.7 Å². The summed E-state index contributed by atoms with van der Waals surface area (Å²) in [6.07, 6.45) is 0. The first kappa shape index (κ1) is 14.1. The van der Waals surface area contributed by atoms with E-state index in [1.54, 1.807) is 0 Å². The minimum atomic E-state index is -1.21. The first-order chi connectivity index (χ1) is 9.45. The highest BCUT2D eigenvalue weighted by molar-refractivity contribution is 6.09. The monoisotopic (exact) mass is 280 g/mol. The topological polar surface area (TPSA) is 26.3 Å². The molecule has 20 heavy (non-hydrogen) atoms. The number of halogens is 3. The Morgan fingerprint density at radius 1 is 1.05 bits per heavy atom. The molecule has 0 aliphatic carbocycles. The van der Waals surface area contributed by atoms with Crippen molar-refractivity contribution in [3.8, 4) is 5.75 Å². The van der Waals surface area contributed by atoms with E-state index in [0.717, 1.165) is 12.1 Å². The Labute approximate surface area is 113 Å². The molecule has 0 aromatic heterocycles. The minimum absolute atomic E-state index is 0.0189. The lowest BCUT2D eigenvalue weighted by Gasteiger charge is -2.07. The molecule has 0 spiro atoms. The van der Waals surface area contributed by atoms with Gasteiger partial charge in [-0.3, -0.25) is 4.79 Å². The van der Waals surface area contributed by atoms with Gasteiger partial charge in [-0.2, -0.15) is 0 Å². The maximum absolute atomic E-state index is 13.8. The van der Waals surface area contributed by atoms with Crippen molar-refractivity contribution in [1.82, 2.24) is 0 Å². The molecule has 0 amide bonds. The molecule has 2 rings (SSSR count). The van der Waals surface area contributed by atoms with Gasteiger partial charge in [0, 0.05) is 5.56 Å². The van der Waals surface area contributed by atoms with Gasteiger partial charge in [-0.15, -0.1) is 0 Å². The zero-order chi connectivity index (χ0) is 14.9. The first-order valence-corrected chi connectivity index (χ1v) is 5.78. The molecule has 0 radical (unpaired) electrons. The van der Waals surface area contributed by atoms with E-state index in [1.165, 1.54) is 32.2 Å². The molecule has 0 aliphatic rings. The Kier molecular flexibility index (Phi) is 3.79. The molecule has 0 unspecified atom stereocenters. The molecular weight excluding hydrogens is 269 g/mol. The lowest BCUT2D eigenvalue weighted by Crippen LogP contribution is -2.07. The molecule has 0 N–H and O–H groups in total. The van der Waals surface area contributed by atoms with E-state index < -0.39 is 28.8 Å². The van der Waals surface area contributed by atoms with Crippen LogP contribution < -0.4 is 4.74 Å². The number of carbonyl (C=O) groups excluding carboxylic acids is 1. The van der Waals surface area contributed by atoms with Crippen molar-refractivity contribution < 1.29 is 22.7 Å². The van der Waals surface area contributed by atoms with Gasteiger partial charge in [-0.05, 0) is 36.8 Å². The molecule has 5 heteroatoms. The Balaban J connectivity index is 2.49. The average molecular weight is 280 g/mol. The molecule has 0 fully saturated rings. The highest BCUT2D eigenvalue weighted by Gasteiger charge is 2.19. The Morgan fingerprint density at radius 3 is 2.40 bits per heavy atom. The molecule has 0 atom stereocenters. The minimum Gasteiger partial charge on any atom is -0.494 e. The van der Waals surface area contributed by atoms with Crippen LogP contribution in [0.15, 0.2) is 30.3 Å². The van der Waals surface area contributed by atoms with E-state index in [9.17, 15) is 18.0 Å². The van der Waals surface area contributed by atoms with Crippen LogP contribution >= 0.6 is 0 Å². The molecular formula is C15H11F3O2. The van der Waals surface area contributed by atoms with Crippen LogP contribution in [-0.4, -0.2) is 12.9 Å². The molecule has 0 saturated carbocycles. The van der Waals surface area contributed by atoms with E-state index in [2.05, 4.69) is 0 Å². The van der Waals surface area contributed by atoms with Crippen molar-refractivity contribution in [2.24, 2.45) is 0 Å². The third-order valence-electron chi connectivity index (χ3n) is 2.93. The second-order valence-electron chi connectivity index (χ2n) is 4.24. The largest absolute Gasteiger partial charge is 0.494 e. The summed E-state index contributed by atoms with van der Waals surface area (Å²) in [7, 11) is 1.25. The fraction of sp³-hybridized carbons (Fsp3) is 0.133. The van der Waals surface area contributed by atoms with Crippen LogP contribution in [0.5, 0.6) is 5.75 Å². The van der Waals surface area contributed by atoms with Crippen molar-refractivity contribution >= 4 is 5.78 Å².